The smallest absolute Gasteiger partial charge is 0.414 e. The van der Waals surface area contributed by atoms with Gasteiger partial charge in [0, 0.05) is 32.9 Å². The number of ether oxygens (including phenoxy) is 3. The van der Waals surface area contributed by atoms with Crippen LogP contribution in [0.5, 0.6) is 5.75 Å². The van der Waals surface area contributed by atoms with Gasteiger partial charge in [0.15, 0.2) is 6.29 Å². The van der Waals surface area contributed by atoms with Crippen LogP contribution in [0.1, 0.15) is 25.7 Å². The number of alkyl halides is 3. The van der Waals surface area contributed by atoms with Gasteiger partial charge in [-0.15, -0.1) is 0 Å². The fourth-order valence-electron chi connectivity index (χ4n) is 3.80. The number of dihydropyridines is 1. The first-order chi connectivity index (χ1) is 16.2. The van der Waals surface area contributed by atoms with Crippen molar-refractivity contribution in [3.05, 3.63) is 56.7 Å². The Morgan fingerprint density at radius 1 is 1.29 bits per heavy atom. The van der Waals surface area contributed by atoms with Crippen LogP contribution in [0.25, 0.3) is 11.0 Å². The van der Waals surface area contributed by atoms with Crippen molar-refractivity contribution < 1.29 is 27.4 Å². The minimum Gasteiger partial charge on any atom is -0.454 e. The minimum absolute atomic E-state index is 0.0697. The number of hydrogen-bond acceptors (Lipinski definition) is 7. The van der Waals surface area contributed by atoms with Crippen LogP contribution in [0.15, 0.2) is 45.5 Å². The fraction of sp³-hybridized carbons (Fsp3) is 0.500. The second-order valence-corrected chi connectivity index (χ2v) is 8.06. The quantitative estimate of drug-likeness (QED) is 0.605. The number of nitrogens with zero attached hydrogens (tertiary/aromatic N) is 3. The van der Waals surface area contributed by atoms with Crippen molar-refractivity contribution in [3.8, 4) is 5.75 Å². The van der Waals surface area contributed by atoms with Crippen LogP contribution in [0.3, 0.4) is 0 Å². The maximum Gasteiger partial charge on any atom is 0.414 e. The summed E-state index contributed by atoms with van der Waals surface area (Å²) in [6, 6.07) is 1.36. The van der Waals surface area contributed by atoms with E-state index in [-0.39, 0.29) is 41.9 Å². The zero-order chi connectivity index (χ0) is 24.3. The summed E-state index contributed by atoms with van der Waals surface area (Å²) >= 11 is 0. The summed E-state index contributed by atoms with van der Waals surface area (Å²) in [5.41, 5.74) is -1.73. The van der Waals surface area contributed by atoms with E-state index < -0.39 is 23.0 Å². The van der Waals surface area contributed by atoms with E-state index in [1.807, 2.05) is 0 Å². The molecule has 12 heteroatoms. The number of pyridine rings is 1. The van der Waals surface area contributed by atoms with E-state index in [1.165, 1.54) is 30.1 Å². The normalized spacial score (nSPS) is 18.9. The van der Waals surface area contributed by atoms with Gasteiger partial charge in [-0.2, -0.15) is 13.2 Å². The molecule has 2 aromatic heterocycles. The van der Waals surface area contributed by atoms with Crippen LogP contribution in [0.2, 0.25) is 0 Å². The number of rotatable bonds is 7. The summed E-state index contributed by atoms with van der Waals surface area (Å²) in [4.78, 5) is 29.8. The van der Waals surface area contributed by atoms with Gasteiger partial charge in [-0.3, -0.25) is 13.9 Å². The molecule has 0 aromatic carbocycles. The Bertz CT molecular complexity index is 1230. The molecule has 2 aromatic rings. The highest BCUT2D eigenvalue weighted by molar-refractivity contribution is 5.75. The van der Waals surface area contributed by atoms with E-state index in [0.29, 0.717) is 19.6 Å². The van der Waals surface area contributed by atoms with E-state index in [4.69, 9.17) is 14.2 Å². The van der Waals surface area contributed by atoms with Crippen molar-refractivity contribution in [2.75, 3.05) is 19.8 Å². The van der Waals surface area contributed by atoms with Gasteiger partial charge in [0.05, 0.1) is 23.8 Å². The highest BCUT2D eigenvalue weighted by atomic mass is 19.4. The molecule has 1 unspecified atom stereocenters. The topological polar surface area (TPSA) is 96.6 Å². The van der Waals surface area contributed by atoms with E-state index in [9.17, 15) is 22.8 Å². The highest BCUT2D eigenvalue weighted by Crippen LogP contribution is 2.28. The molecular weight excluding hydrogens is 457 g/mol. The minimum atomic E-state index is -4.49. The third kappa shape index (κ3) is 5.33. The molecule has 9 nitrogen and oxygen atoms in total. The van der Waals surface area contributed by atoms with Gasteiger partial charge in [0.1, 0.15) is 17.2 Å². The Balaban J connectivity index is 1.52. The van der Waals surface area contributed by atoms with Crippen molar-refractivity contribution in [1.29, 1.82) is 0 Å². The summed E-state index contributed by atoms with van der Waals surface area (Å²) < 4.78 is 57.9. The number of aryl methyl sites for hydroxylation is 1. The van der Waals surface area contributed by atoms with Gasteiger partial charge in [-0.25, -0.2) is 9.78 Å². The number of aromatic nitrogens is 3. The van der Waals surface area contributed by atoms with Crippen LogP contribution in [0, 0.1) is 0 Å². The number of nitrogens with one attached hydrogen (secondary N) is 1. The Morgan fingerprint density at radius 3 is 2.85 bits per heavy atom. The van der Waals surface area contributed by atoms with Crippen LogP contribution in [-0.2, 0) is 23.1 Å². The predicted octanol–water partition coefficient (Wildman–Crippen LogP) is 2.34. The maximum absolute atomic E-state index is 13.0. The molecule has 1 atom stereocenters. The third-order valence-electron chi connectivity index (χ3n) is 5.57. The molecule has 0 spiro atoms. The Hall–Kier alpha value is -3.12. The van der Waals surface area contributed by atoms with Gasteiger partial charge in [-0.05, 0) is 37.8 Å². The zero-order valence-corrected chi connectivity index (χ0v) is 18.6. The second kappa shape index (κ2) is 10.0. The summed E-state index contributed by atoms with van der Waals surface area (Å²) in [6.07, 6.45) is 1.97. The van der Waals surface area contributed by atoms with Gasteiger partial charge in [-0.1, -0.05) is 0 Å². The lowest BCUT2D eigenvalue weighted by Crippen LogP contribution is -2.39. The molecule has 1 saturated heterocycles. The molecule has 0 bridgehead atoms. The first kappa shape index (κ1) is 24.0. The van der Waals surface area contributed by atoms with Crippen molar-refractivity contribution in [3.63, 3.8) is 0 Å². The highest BCUT2D eigenvalue weighted by Gasteiger charge is 2.34. The molecule has 4 heterocycles. The number of allylic oxidation sites excluding steroid dienone is 1. The average molecular weight is 482 g/mol. The van der Waals surface area contributed by atoms with Gasteiger partial charge >= 0.3 is 11.9 Å². The van der Waals surface area contributed by atoms with Gasteiger partial charge in [0.2, 0.25) is 0 Å². The molecule has 0 radical (unpaired) electrons. The monoisotopic (exact) mass is 482 g/mol. The Kier molecular flexibility index (Phi) is 7.08. The zero-order valence-electron chi connectivity index (χ0n) is 18.6. The van der Waals surface area contributed by atoms with E-state index >= 15 is 0 Å². The molecule has 2 aliphatic heterocycles. The molecule has 4 rings (SSSR count). The fourth-order valence-corrected chi connectivity index (χ4v) is 3.80. The van der Waals surface area contributed by atoms with Crippen molar-refractivity contribution >= 4 is 11.0 Å². The molecule has 1 N–H and O–H groups in total. The Morgan fingerprint density at radius 2 is 2.12 bits per heavy atom. The van der Waals surface area contributed by atoms with Crippen molar-refractivity contribution in [2.24, 2.45) is 7.05 Å². The lowest BCUT2D eigenvalue weighted by molar-refractivity contribution is -0.163. The van der Waals surface area contributed by atoms with E-state index in [1.54, 1.807) is 0 Å². The molecule has 0 amide bonds. The SMILES string of the molecule is Cn1c(=O)n(CCCOC2CCCCO2)c(=O)c2cc(OC3=CNCC(C(F)(F)F)=C3)cnc21. The molecule has 2 aliphatic rings. The van der Waals surface area contributed by atoms with Crippen molar-refractivity contribution in [2.45, 2.75) is 44.7 Å². The van der Waals surface area contributed by atoms with Crippen molar-refractivity contribution in [1.82, 2.24) is 19.4 Å². The van der Waals surface area contributed by atoms with E-state index in [0.717, 1.165) is 29.9 Å². The van der Waals surface area contributed by atoms with Crippen LogP contribution < -0.4 is 21.3 Å². The van der Waals surface area contributed by atoms with Gasteiger partial charge in [0.25, 0.3) is 5.56 Å². The molecule has 1 fully saturated rings. The molecule has 34 heavy (non-hydrogen) atoms. The van der Waals surface area contributed by atoms with Crippen LogP contribution in [-0.4, -0.2) is 46.3 Å². The number of hydrogen-bond donors (Lipinski definition) is 1. The molecule has 0 aliphatic carbocycles. The third-order valence-corrected chi connectivity index (χ3v) is 5.57. The first-order valence-corrected chi connectivity index (χ1v) is 11.0. The molecule has 184 valence electrons. The van der Waals surface area contributed by atoms with E-state index in [2.05, 4.69) is 10.3 Å². The molecular formula is C22H25F3N4O5. The average Bonchev–Trinajstić information content (AvgIpc) is 2.82. The first-order valence-electron chi connectivity index (χ1n) is 11.0. The number of halogens is 3. The lowest BCUT2D eigenvalue weighted by Gasteiger charge is -2.22. The lowest BCUT2D eigenvalue weighted by atomic mass is 10.2. The largest absolute Gasteiger partial charge is 0.454 e. The summed E-state index contributed by atoms with van der Waals surface area (Å²) in [7, 11) is 1.49. The second-order valence-electron chi connectivity index (χ2n) is 8.06. The summed E-state index contributed by atoms with van der Waals surface area (Å²) in [6.45, 7) is 0.753. The van der Waals surface area contributed by atoms with Crippen LogP contribution in [0.4, 0.5) is 13.2 Å². The number of fused-ring (bicyclic) bond motifs is 1. The maximum atomic E-state index is 13.0. The van der Waals surface area contributed by atoms with Gasteiger partial charge < -0.3 is 19.5 Å². The predicted molar refractivity (Wildman–Crippen MR) is 116 cm³/mol. The van der Waals surface area contributed by atoms with Crippen LogP contribution >= 0.6 is 0 Å². The summed E-state index contributed by atoms with van der Waals surface area (Å²) in [5, 5.41) is 2.62. The molecule has 0 saturated carbocycles. The Labute approximate surface area is 192 Å². The standard InChI is InChI=1S/C22H25F3N4O5/c1-28-19-17(10-16(13-27-19)34-15-9-14(11-26-12-15)22(23,24)25)20(30)29(21(28)31)6-4-8-33-18-5-2-3-7-32-18/h9-10,12-13,18,26H,2-8,11H2,1H3. The summed E-state index contributed by atoms with van der Waals surface area (Å²) in [5.74, 6) is -0.00717.